The standard InChI is InChI=1S/C18H16ClN3O3S2/c1-3-25-11-6-4-10(5-7-11)16(23)21-17(26)22-18-20-13-8-12(19)14(24-2)9-15(13)27-18/h4-9H,3H2,1-2H3,(H2,20,21,22,23,26). The monoisotopic (exact) mass is 421 g/mol. The summed E-state index contributed by atoms with van der Waals surface area (Å²) in [6.07, 6.45) is 0. The number of benzene rings is 2. The van der Waals surface area contributed by atoms with Gasteiger partial charge in [-0.05, 0) is 49.5 Å². The number of nitrogens with zero attached hydrogens (tertiary/aromatic N) is 1. The van der Waals surface area contributed by atoms with E-state index in [1.54, 1.807) is 37.4 Å². The average molecular weight is 422 g/mol. The fourth-order valence-corrected chi connectivity index (χ4v) is 3.68. The lowest BCUT2D eigenvalue weighted by atomic mass is 10.2. The van der Waals surface area contributed by atoms with Crippen LogP contribution in [0.25, 0.3) is 10.2 Å². The first-order valence-corrected chi connectivity index (χ1v) is 9.59. The Kier molecular flexibility index (Phi) is 6.10. The average Bonchev–Trinajstić information content (AvgIpc) is 3.02. The van der Waals surface area contributed by atoms with Crippen molar-refractivity contribution in [1.82, 2.24) is 10.3 Å². The zero-order chi connectivity index (χ0) is 19.4. The highest BCUT2D eigenvalue weighted by Crippen LogP contribution is 2.34. The Morgan fingerprint density at radius 2 is 2.04 bits per heavy atom. The van der Waals surface area contributed by atoms with E-state index >= 15 is 0 Å². The number of anilines is 1. The Bertz CT molecular complexity index is 989. The van der Waals surface area contributed by atoms with Gasteiger partial charge >= 0.3 is 0 Å². The van der Waals surface area contributed by atoms with Crippen molar-refractivity contribution < 1.29 is 14.3 Å². The molecule has 140 valence electrons. The molecule has 0 atom stereocenters. The van der Waals surface area contributed by atoms with Crippen molar-refractivity contribution >= 4 is 61.5 Å². The summed E-state index contributed by atoms with van der Waals surface area (Å²) in [6.45, 7) is 2.47. The summed E-state index contributed by atoms with van der Waals surface area (Å²) in [7, 11) is 1.55. The van der Waals surface area contributed by atoms with Gasteiger partial charge in [0.2, 0.25) is 0 Å². The number of carbonyl (C=O) groups is 1. The molecule has 27 heavy (non-hydrogen) atoms. The molecule has 2 N–H and O–H groups in total. The van der Waals surface area contributed by atoms with Gasteiger partial charge in [-0.1, -0.05) is 22.9 Å². The van der Waals surface area contributed by atoms with Crippen LogP contribution in [0.15, 0.2) is 36.4 Å². The number of fused-ring (bicyclic) bond motifs is 1. The quantitative estimate of drug-likeness (QED) is 0.591. The van der Waals surface area contributed by atoms with E-state index in [0.717, 1.165) is 4.70 Å². The van der Waals surface area contributed by atoms with Gasteiger partial charge in [-0.15, -0.1) is 0 Å². The third kappa shape index (κ3) is 4.65. The number of aromatic nitrogens is 1. The van der Waals surface area contributed by atoms with Gasteiger partial charge in [-0.2, -0.15) is 0 Å². The minimum atomic E-state index is -0.318. The molecular formula is C18H16ClN3O3S2. The third-order valence-corrected chi connectivity index (χ3v) is 4.97. The number of methoxy groups -OCH3 is 1. The molecule has 0 saturated heterocycles. The van der Waals surface area contributed by atoms with Gasteiger partial charge in [0.25, 0.3) is 5.91 Å². The van der Waals surface area contributed by atoms with Gasteiger partial charge in [0.15, 0.2) is 10.2 Å². The minimum Gasteiger partial charge on any atom is -0.495 e. The van der Waals surface area contributed by atoms with Crippen LogP contribution in [-0.4, -0.2) is 29.7 Å². The number of halogens is 1. The van der Waals surface area contributed by atoms with Gasteiger partial charge in [-0.3, -0.25) is 10.1 Å². The van der Waals surface area contributed by atoms with Crippen LogP contribution >= 0.6 is 35.2 Å². The van der Waals surface area contributed by atoms with Gasteiger partial charge < -0.3 is 14.8 Å². The molecule has 6 nitrogen and oxygen atoms in total. The zero-order valence-electron chi connectivity index (χ0n) is 14.5. The minimum absolute atomic E-state index is 0.158. The molecular weight excluding hydrogens is 406 g/mol. The summed E-state index contributed by atoms with van der Waals surface area (Å²) in [5.74, 6) is 0.963. The van der Waals surface area contributed by atoms with E-state index in [2.05, 4.69) is 15.6 Å². The molecule has 9 heteroatoms. The van der Waals surface area contributed by atoms with E-state index in [0.29, 0.717) is 39.3 Å². The highest BCUT2D eigenvalue weighted by atomic mass is 35.5. The number of amides is 1. The molecule has 0 saturated carbocycles. The molecule has 3 rings (SSSR count). The molecule has 0 spiro atoms. The lowest BCUT2D eigenvalue weighted by molar-refractivity contribution is 0.0977. The Morgan fingerprint density at radius 3 is 2.70 bits per heavy atom. The second kappa shape index (κ2) is 8.51. The maximum Gasteiger partial charge on any atom is 0.257 e. The van der Waals surface area contributed by atoms with E-state index < -0.39 is 0 Å². The van der Waals surface area contributed by atoms with Gasteiger partial charge in [-0.25, -0.2) is 4.98 Å². The topological polar surface area (TPSA) is 72.5 Å². The molecule has 1 amide bonds. The van der Waals surface area contributed by atoms with Crippen LogP contribution in [0.1, 0.15) is 17.3 Å². The SMILES string of the molecule is CCOc1ccc(C(=O)NC(=S)Nc2nc3cc(Cl)c(OC)cc3s2)cc1. The van der Waals surface area contributed by atoms with Crippen LogP contribution in [-0.2, 0) is 0 Å². The summed E-state index contributed by atoms with van der Waals surface area (Å²) < 4.78 is 11.5. The number of thiazole rings is 1. The normalized spacial score (nSPS) is 10.5. The van der Waals surface area contributed by atoms with Crippen molar-refractivity contribution in [3.63, 3.8) is 0 Å². The van der Waals surface area contributed by atoms with Crippen LogP contribution in [0.5, 0.6) is 11.5 Å². The van der Waals surface area contributed by atoms with Crippen LogP contribution < -0.4 is 20.1 Å². The first-order valence-electron chi connectivity index (χ1n) is 7.99. The predicted octanol–water partition coefficient (Wildman–Crippen LogP) is 4.48. The number of nitrogens with one attached hydrogen (secondary N) is 2. The molecule has 0 radical (unpaired) electrons. The smallest absolute Gasteiger partial charge is 0.257 e. The molecule has 0 aliphatic rings. The van der Waals surface area contributed by atoms with E-state index in [1.807, 2.05) is 13.0 Å². The lowest BCUT2D eigenvalue weighted by Gasteiger charge is -2.08. The lowest BCUT2D eigenvalue weighted by Crippen LogP contribution is -2.34. The maximum atomic E-state index is 12.3. The Hall–Kier alpha value is -2.42. The van der Waals surface area contributed by atoms with E-state index in [-0.39, 0.29) is 11.0 Å². The van der Waals surface area contributed by atoms with Crippen LogP contribution in [0.3, 0.4) is 0 Å². The van der Waals surface area contributed by atoms with Crippen molar-refractivity contribution in [2.75, 3.05) is 19.0 Å². The largest absolute Gasteiger partial charge is 0.495 e. The summed E-state index contributed by atoms with van der Waals surface area (Å²) in [5.41, 5.74) is 1.19. The number of hydrogen-bond donors (Lipinski definition) is 2. The van der Waals surface area contributed by atoms with Crippen molar-refractivity contribution in [2.45, 2.75) is 6.92 Å². The number of thiocarbonyl (C=S) groups is 1. The molecule has 0 unspecified atom stereocenters. The van der Waals surface area contributed by atoms with E-state index in [4.69, 9.17) is 33.3 Å². The first kappa shape index (κ1) is 19.3. The van der Waals surface area contributed by atoms with Crippen molar-refractivity contribution in [3.05, 3.63) is 47.0 Å². The Labute approximate surface area is 170 Å². The predicted molar refractivity (Wildman–Crippen MR) is 112 cm³/mol. The molecule has 1 heterocycles. The van der Waals surface area contributed by atoms with Gasteiger partial charge in [0.1, 0.15) is 11.5 Å². The maximum absolute atomic E-state index is 12.3. The highest BCUT2D eigenvalue weighted by Gasteiger charge is 2.12. The van der Waals surface area contributed by atoms with Crippen molar-refractivity contribution in [3.8, 4) is 11.5 Å². The second-order valence-corrected chi connectivity index (χ2v) is 7.19. The number of rotatable bonds is 5. The van der Waals surface area contributed by atoms with Gasteiger partial charge in [0, 0.05) is 11.6 Å². The van der Waals surface area contributed by atoms with Crippen LogP contribution in [0.2, 0.25) is 5.02 Å². The molecule has 1 aromatic heterocycles. The number of hydrogen-bond acceptors (Lipinski definition) is 6. The molecule has 0 bridgehead atoms. The Balaban J connectivity index is 1.66. The van der Waals surface area contributed by atoms with E-state index in [1.165, 1.54) is 11.3 Å². The summed E-state index contributed by atoms with van der Waals surface area (Å²) in [4.78, 5) is 16.7. The fourth-order valence-electron chi connectivity index (χ4n) is 2.31. The van der Waals surface area contributed by atoms with Crippen molar-refractivity contribution in [2.24, 2.45) is 0 Å². The Morgan fingerprint density at radius 1 is 1.30 bits per heavy atom. The van der Waals surface area contributed by atoms with E-state index in [9.17, 15) is 4.79 Å². The highest BCUT2D eigenvalue weighted by molar-refractivity contribution is 7.80. The zero-order valence-corrected chi connectivity index (χ0v) is 16.9. The number of ether oxygens (including phenoxy) is 2. The first-order chi connectivity index (χ1) is 13.0. The van der Waals surface area contributed by atoms with Gasteiger partial charge in [0.05, 0.1) is 29.0 Å². The molecule has 2 aromatic carbocycles. The van der Waals surface area contributed by atoms with Crippen LogP contribution in [0.4, 0.5) is 5.13 Å². The summed E-state index contributed by atoms with van der Waals surface area (Å²) in [5, 5.41) is 6.74. The molecule has 0 aliphatic heterocycles. The second-order valence-electron chi connectivity index (χ2n) is 5.34. The van der Waals surface area contributed by atoms with Crippen molar-refractivity contribution in [1.29, 1.82) is 0 Å². The molecule has 0 fully saturated rings. The molecule has 3 aromatic rings. The summed E-state index contributed by atoms with van der Waals surface area (Å²) in [6, 6.07) is 10.4. The fraction of sp³-hybridized carbons (Fsp3) is 0.167. The summed E-state index contributed by atoms with van der Waals surface area (Å²) >= 11 is 12.7. The van der Waals surface area contributed by atoms with Crippen LogP contribution in [0, 0.1) is 0 Å². The number of carbonyl (C=O) groups excluding carboxylic acids is 1. The molecule has 0 aliphatic carbocycles. The third-order valence-electron chi connectivity index (χ3n) is 3.54.